The number of para-hydroxylation sites is 1. The Morgan fingerprint density at radius 2 is 1.74 bits per heavy atom. The first kappa shape index (κ1) is 27.2. The summed E-state index contributed by atoms with van der Waals surface area (Å²) in [5.41, 5.74) is 2.04. The topological polar surface area (TPSA) is 96.0 Å². The van der Waals surface area contributed by atoms with Crippen molar-refractivity contribution in [2.75, 3.05) is 30.8 Å². The van der Waals surface area contributed by atoms with Gasteiger partial charge in [0.1, 0.15) is 18.3 Å². The molecule has 0 unspecified atom stereocenters. The first-order valence-electron chi connectivity index (χ1n) is 11.3. The van der Waals surface area contributed by atoms with Gasteiger partial charge in [-0.05, 0) is 49.1 Å². The quantitative estimate of drug-likeness (QED) is 0.523. The summed E-state index contributed by atoms with van der Waals surface area (Å²) < 4.78 is 31.9. The first-order valence-corrected chi connectivity index (χ1v) is 13.1. The second kappa shape index (κ2) is 11.9. The number of likely N-dealkylation sites (N-methyl/N-ethyl adjacent to an activating group) is 1. The third-order valence-electron chi connectivity index (χ3n) is 5.51. The molecule has 0 saturated carbocycles. The number of methoxy groups -OCH3 is 1. The van der Waals surface area contributed by atoms with Gasteiger partial charge in [-0.25, -0.2) is 8.42 Å². The lowest BCUT2D eigenvalue weighted by atomic mass is 10.0. The van der Waals surface area contributed by atoms with Gasteiger partial charge in [0.25, 0.3) is 0 Å². The van der Waals surface area contributed by atoms with Gasteiger partial charge in [0, 0.05) is 13.1 Å². The molecule has 1 atom stereocenters. The molecule has 0 aromatic heterocycles. The summed E-state index contributed by atoms with van der Waals surface area (Å²) in [6.07, 6.45) is 1.08. The highest BCUT2D eigenvalue weighted by Crippen LogP contribution is 2.29. The second-order valence-electron chi connectivity index (χ2n) is 8.43. The summed E-state index contributed by atoms with van der Waals surface area (Å²) in [5.74, 6) is -0.116. The fourth-order valence-electron chi connectivity index (χ4n) is 3.67. The lowest BCUT2D eigenvalue weighted by Crippen LogP contribution is -2.51. The van der Waals surface area contributed by atoms with E-state index in [-0.39, 0.29) is 18.4 Å². The van der Waals surface area contributed by atoms with Crippen LogP contribution in [0.3, 0.4) is 0 Å². The second-order valence-corrected chi connectivity index (χ2v) is 10.3. The lowest BCUT2D eigenvalue weighted by Gasteiger charge is -2.32. The van der Waals surface area contributed by atoms with Crippen LogP contribution >= 0.6 is 0 Å². The van der Waals surface area contributed by atoms with E-state index in [0.29, 0.717) is 18.0 Å². The fourth-order valence-corrected chi connectivity index (χ4v) is 4.54. The minimum absolute atomic E-state index is 0.0534. The Bertz CT molecular complexity index is 1100. The summed E-state index contributed by atoms with van der Waals surface area (Å²) in [6.45, 7) is 7.49. The Balaban J connectivity index is 2.46. The van der Waals surface area contributed by atoms with Crippen LogP contribution in [0.5, 0.6) is 5.75 Å². The van der Waals surface area contributed by atoms with E-state index in [4.69, 9.17) is 4.74 Å². The van der Waals surface area contributed by atoms with Crippen molar-refractivity contribution in [2.45, 2.75) is 46.2 Å². The summed E-state index contributed by atoms with van der Waals surface area (Å²) in [4.78, 5) is 27.6. The van der Waals surface area contributed by atoms with Gasteiger partial charge in [0.15, 0.2) is 0 Å². The van der Waals surface area contributed by atoms with Crippen LogP contribution in [0.15, 0.2) is 48.5 Å². The zero-order chi connectivity index (χ0) is 25.5. The predicted molar refractivity (Wildman–Crippen MR) is 134 cm³/mol. The molecular formula is C25H35N3O5S. The van der Waals surface area contributed by atoms with Crippen LogP contribution in [0.4, 0.5) is 5.69 Å². The predicted octanol–water partition coefficient (Wildman–Crippen LogP) is 3.14. The fraction of sp³-hybridized carbons (Fsp3) is 0.440. The Hall–Kier alpha value is -3.07. The molecule has 0 fully saturated rings. The van der Waals surface area contributed by atoms with Gasteiger partial charge in [-0.3, -0.25) is 13.9 Å². The van der Waals surface area contributed by atoms with Gasteiger partial charge in [-0.15, -0.1) is 0 Å². The molecule has 0 aliphatic carbocycles. The summed E-state index contributed by atoms with van der Waals surface area (Å²) in [6, 6.07) is 13.5. The van der Waals surface area contributed by atoms with E-state index in [1.165, 1.54) is 4.90 Å². The number of benzene rings is 2. The largest absolute Gasteiger partial charge is 0.497 e. The molecule has 9 heteroatoms. The number of carbonyl (C=O) groups is 2. The van der Waals surface area contributed by atoms with Gasteiger partial charge >= 0.3 is 0 Å². The van der Waals surface area contributed by atoms with E-state index in [0.717, 1.165) is 21.7 Å². The van der Waals surface area contributed by atoms with Crippen LogP contribution in [0.1, 0.15) is 44.7 Å². The van der Waals surface area contributed by atoms with E-state index in [9.17, 15) is 18.0 Å². The molecule has 0 saturated heterocycles. The molecule has 0 spiro atoms. The van der Waals surface area contributed by atoms with Crippen LogP contribution in [0, 0.1) is 0 Å². The minimum atomic E-state index is -3.78. The van der Waals surface area contributed by atoms with Crippen LogP contribution in [-0.2, 0) is 26.2 Å². The molecule has 0 heterocycles. The van der Waals surface area contributed by atoms with Crippen molar-refractivity contribution in [3.8, 4) is 5.75 Å². The van der Waals surface area contributed by atoms with E-state index in [1.54, 1.807) is 51.3 Å². The molecule has 0 aliphatic rings. The Morgan fingerprint density at radius 3 is 2.32 bits per heavy atom. The van der Waals surface area contributed by atoms with Crippen molar-refractivity contribution in [3.63, 3.8) is 0 Å². The number of amides is 2. The molecule has 8 nitrogen and oxygen atoms in total. The maximum atomic E-state index is 13.6. The van der Waals surface area contributed by atoms with Crippen LogP contribution < -0.4 is 14.4 Å². The van der Waals surface area contributed by atoms with Gasteiger partial charge in [0.05, 0.1) is 19.1 Å². The Labute approximate surface area is 202 Å². The highest BCUT2D eigenvalue weighted by atomic mass is 32.2. The minimum Gasteiger partial charge on any atom is -0.497 e. The number of hydrogen-bond acceptors (Lipinski definition) is 5. The number of nitrogens with one attached hydrogen (secondary N) is 1. The molecule has 2 aromatic carbocycles. The molecule has 1 N–H and O–H groups in total. The SMILES string of the molecule is CCNC(=O)[C@@H](C)N(Cc1cccc(OC)c1)C(=O)CN(c1ccccc1C(C)C)S(C)(=O)=O. The maximum Gasteiger partial charge on any atom is 0.244 e. The number of anilines is 1. The average molecular weight is 490 g/mol. The molecule has 0 radical (unpaired) electrons. The number of sulfonamides is 1. The van der Waals surface area contributed by atoms with Crippen molar-refractivity contribution in [1.29, 1.82) is 0 Å². The normalized spacial score (nSPS) is 12.2. The number of carbonyl (C=O) groups excluding carboxylic acids is 2. The average Bonchev–Trinajstić information content (AvgIpc) is 2.79. The summed E-state index contributed by atoms with van der Waals surface area (Å²) in [5, 5.41) is 2.74. The number of ether oxygens (including phenoxy) is 1. The van der Waals surface area contributed by atoms with Crippen molar-refractivity contribution >= 4 is 27.5 Å². The van der Waals surface area contributed by atoms with E-state index < -0.39 is 28.5 Å². The molecule has 186 valence electrons. The smallest absolute Gasteiger partial charge is 0.244 e. The van der Waals surface area contributed by atoms with Gasteiger partial charge in [-0.1, -0.05) is 44.2 Å². The molecule has 0 bridgehead atoms. The number of nitrogens with zero attached hydrogens (tertiary/aromatic N) is 2. The molecule has 2 aromatic rings. The number of rotatable bonds is 11. The Morgan fingerprint density at radius 1 is 1.06 bits per heavy atom. The Kier molecular flexibility index (Phi) is 9.49. The third kappa shape index (κ3) is 6.96. The standard InChI is InChI=1S/C25H35N3O5S/c1-7-26-25(30)19(4)27(16-20-11-10-12-21(15-20)33-5)24(29)17-28(34(6,31)32)23-14-9-8-13-22(23)18(2)3/h8-15,18-19H,7,16-17H2,1-6H3,(H,26,30)/t19-/m1/s1. The van der Waals surface area contributed by atoms with Crippen molar-refractivity contribution in [3.05, 3.63) is 59.7 Å². The van der Waals surface area contributed by atoms with Crippen LogP contribution in [-0.4, -0.2) is 57.6 Å². The van der Waals surface area contributed by atoms with E-state index >= 15 is 0 Å². The molecule has 2 amide bonds. The molecule has 2 rings (SSSR count). The zero-order valence-corrected chi connectivity index (χ0v) is 21.6. The highest BCUT2D eigenvalue weighted by Gasteiger charge is 2.31. The zero-order valence-electron chi connectivity index (χ0n) is 20.7. The first-order chi connectivity index (χ1) is 16.0. The molecule has 0 aliphatic heterocycles. The lowest BCUT2D eigenvalue weighted by molar-refractivity contribution is -0.139. The van der Waals surface area contributed by atoms with Crippen molar-refractivity contribution in [1.82, 2.24) is 10.2 Å². The summed E-state index contributed by atoms with van der Waals surface area (Å²) in [7, 11) is -2.23. The monoisotopic (exact) mass is 489 g/mol. The van der Waals surface area contributed by atoms with Crippen LogP contribution in [0.25, 0.3) is 0 Å². The van der Waals surface area contributed by atoms with Crippen molar-refractivity contribution < 1.29 is 22.7 Å². The maximum absolute atomic E-state index is 13.6. The van der Waals surface area contributed by atoms with Gasteiger partial charge in [0.2, 0.25) is 21.8 Å². The summed E-state index contributed by atoms with van der Waals surface area (Å²) >= 11 is 0. The van der Waals surface area contributed by atoms with E-state index in [2.05, 4.69) is 5.32 Å². The molecule has 34 heavy (non-hydrogen) atoms. The highest BCUT2D eigenvalue weighted by molar-refractivity contribution is 7.92. The van der Waals surface area contributed by atoms with Crippen LogP contribution in [0.2, 0.25) is 0 Å². The van der Waals surface area contributed by atoms with Crippen molar-refractivity contribution in [2.24, 2.45) is 0 Å². The molecular weight excluding hydrogens is 454 g/mol. The van der Waals surface area contributed by atoms with Gasteiger partial charge < -0.3 is 15.0 Å². The van der Waals surface area contributed by atoms with E-state index in [1.807, 2.05) is 32.0 Å². The third-order valence-corrected chi connectivity index (χ3v) is 6.64. The van der Waals surface area contributed by atoms with Gasteiger partial charge in [-0.2, -0.15) is 0 Å². The number of hydrogen-bond donors (Lipinski definition) is 1.